The molecule has 0 saturated carbocycles. The van der Waals surface area contributed by atoms with E-state index >= 15 is 8.78 Å². The molecule has 0 bridgehead atoms. The highest BCUT2D eigenvalue weighted by atomic mass is 32.2. The number of carbonyl (C=O) groups excluding carboxylic acids is 1. The number of halogens is 6. The van der Waals surface area contributed by atoms with E-state index in [2.05, 4.69) is 0 Å². The van der Waals surface area contributed by atoms with Crippen molar-refractivity contribution < 1.29 is 35.9 Å². The highest BCUT2D eigenvalue weighted by molar-refractivity contribution is 7.99. The van der Waals surface area contributed by atoms with Crippen LogP contribution in [0.2, 0.25) is 0 Å². The smallest absolute Gasteiger partial charge is 0.243 e. The van der Waals surface area contributed by atoms with Crippen LogP contribution < -0.4 is 4.74 Å². The second kappa shape index (κ2) is 12.4. The van der Waals surface area contributed by atoms with Crippen LogP contribution in [0.15, 0.2) is 122 Å². The number of hydrogen-bond acceptors (Lipinski definition) is 3. The number of ether oxygens (including phenoxy) is 1. The standard InChI is InChI=1S/C32H19F6O2S2/c1-40-19-10-14-21(15-11-19)42(32-29(37)27(35)26(34)28(36)30(32)38)22-16-12-20(13-17-22)41-24-9-5-8-23(33)25(24)31(39)18-6-3-2-4-7-18/h2-17H,1H3/q+1. The predicted octanol–water partition coefficient (Wildman–Crippen LogP) is 9.01. The van der Waals surface area contributed by atoms with Gasteiger partial charge in [-0.2, -0.15) is 8.78 Å². The lowest BCUT2D eigenvalue weighted by Gasteiger charge is -2.13. The molecular weight excluding hydrogens is 594 g/mol. The molecule has 0 fully saturated rings. The summed E-state index contributed by atoms with van der Waals surface area (Å²) in [6.45, 7) is 0. The number of hydrogen-bond donors (Lipinski definition) is 0. The number of methoxy groups -OCH3 is 1. The van der Waals surface area contributed by atoms with E-state index < -0.39 is 56.5 Å². The van der Waals surface area contributed by atoms with Crippen LogP contribution in [0.5, 0.6) is 5.75 Å². The summed E-state index contributed by atoms with van der Waals surface area (Å²) >= 11 is 1.09. The fourth-order valence-electron chi connectivity index (χ4n) is 4.16. The Labute approximate surface area is 244 Å². The molecule has 0 aliphatic carbocycles. The first-order valence-corrected chi connectivity index (χ1v) is 14.3. The van der Waals surface area contributed by atoms with Gasteiger partial charge >= 0.3 is 0 Å². The summed E-state index contributed by atoms with van der Waals surface area (Å²) in [5.41, 5.74) is 0.198. The normalized spacial score (nSPS) is 11.8. The van der Waals surface area contributed by atoms with E-state index in [4.69, 9.17) is 4.74 Å². The van der Waals surface area contributed by atoms with Gasteiger partial charge in [0.25, 0.3) is 0 Å². The van der Waals surface area contributed by atoms with Crippen molar-refractivity contribution in [3.05, 3.63) is 143 Å². The first kappa shape index (κ1) is 29.3. The Hall–Kier alpha value is -4.15. The second-order valence-corrected chi connectivity index (χ2v) is 11.8. The number of ketones is 1. The number of carbonyl (C=O) groups is 1. The zero-order valence-corrected chi connectivity index (χ0v) is 23.3. The summed E-state index contributed by atoms with van der Waals surface area (Å²) in [5, 5.41) is 0. The molecule has 0 aromatic heterocycles. The third-order valence-corrected chi connectivity index (χ3v) is 9.52. The zero-order chi connectivity index (χ0) is 30.0. The number of rotatable bonds is 8. The van der Waals surface area contributed by atoms with Crippen LogP contribution in [0.1, 0.15) is 15.9 Å². The van der Waals surface area contributed by atoms with Crippen LogP contribution >= 0.6 is 11.8 Å². The van der Waals surface area contributed by atoms with Gasteiger partial charge in [0.1, 0.15) is 22.5 Å². The lowest BCUT2D eigenvalue weighted by molar-refractivity contribution is 0.103. The lowest BCUT2D eigenvalue weighted by atomic mass is 10.0. The van der Waals surface area contributed by atoms with Gasteiger partial charge in [0, 0.05) is 15.4 Å². The zero-order valence-electron chi connectivity index (χ0n) is 21.6. The molecule has 0 aliphatic rings. The first-order chi connectivity index (χ1) is 20.2. The van der Waals surface area contributed by atoms with E-state index in [0.717, 1.165) is 11.8 Å². The number of benzene rings is 5. The van der Waals surface area contributed by atoms with Gasteiger partial charge in [-0.3, -0.25) is 4.79 Å². The molecule has 10 heteroatoms. The van der Waals surface area contributed by atoms with Crippen LogP contribution in [0.25, 0.3) is 0 Å². The Morgan fingerprint density at radius 3 is 1.76 bits per heavy atom. The van der Waals surface area contributed by atoms with Crippen molar-refractivity contribution in [3.8, 4) is 5.75 Å². The summed E-state index contributed by atoms with van der Waals surface area (Å²) in [6, 6.07) is 24.6. The summed E-state index contributed by atoms with van der Waals surface area (Å²) in [4.78, 5) is 13.5. The molecule has 0 heterocycles. The second-order valence-electron chi connectivity index (χ2n) is 8.76. The molecule has 0 spiro atoms. The van der Waals surface area contributed by atoms with Crippen molar-refractivity contribution in [3.63, 3.8) is 0 Å². The fourth-order valence-corrected chi connectivity index (χ4v) is 7.22. The summed E-state index contributed by atoms with van der Waals surface area (Å²) in [5.74, 6) is -10.9. The largest absolute Gasteiger partial charge is 0.497 e. The minimum Gasteiger partial charge on any atom is -0.497 e. The summed E-state index contributed by atoms with van der Waals surface area (Å²) in [6.07, 6.45) is 0. The SMILES string of the molecule is COc1ccc([S+](c2ccc(Sc3cccc(F)c3C(=O)c3ccccc3)cc2)c2c(F)c(F)c(F)c(F)c2F)cc1. The van der Waals surface area contributed by atoms with Crippen molar-refractivity contribution >= 4 is 28.4 Å². The Kier molecular flexibility index (Phi) is 8.65. The Balaban J connectivity index is 1.56. The van der Waals surface area contributed by atoms with E-state index in [9.17, 15) is 22.4 Å². The van der Waals surface area contributed by atoms with Crippen LogP contribution in [0.3, 0.4) is 0 Å². The van der Waals surface area contributed by atoms with Gasteiger partial charge in [-0.05, 0) is 60.7 Å². The van der Waals surface area contributed by atoms with Crippen molar-refractivity contribution in [2.24, 2.45) is 0 Å². The summed E-state index contributed by atoms with van der Waals surface area (Å²) in [7, 11) is -0.324. The molecule has 2 nitrogen and oxygen atoms in total. The Morgan fingerprint density at radius 2 is 1.19 bits per heavy atom. The van der Waals surface area contributed by atoms with Gasteiger partial charge in [0.15, 0.2) is 15.6 Å². The third-order valence-electron chi connectivity index (χ3n) is 6.19. The van der Waals surface area contributed by atoms with Gasteiger partial charge in [0.2, 0.25) is 34.0 Å². The Morgan fingerprint density at radius 1 is 0.643 bits per heavy atom. The van der Waals surface area contributed by atoms with E-state index in [-0.39, 0.29) is 15.4 Å². The maximum Gasteiger partial charge on any atom is 0.243 e. The summed E-state index contributed by atoms with van der Waals surface area (Å²) < 4.78 is 92.4. The maximum absolute atomic E-state index is 15.0. The fraction of sp³-hybridized carbons (Fsp3) is 0.0312. The van der Waals surface area contributed by atoms with Crippen molar-refractivity contribution in [2.75, 3.05) is 7.11 Å². The average molecular weight is 614 g/mol. The molecule has 0 saturated heterocycles. The minimum absolute atomic E-state index is 0.114. The van der Waals surface area contributed by atoms with Crippen LogP contribution in [-0.2, 0) is 10.9 Å². The maximum atomic E-state index is 15.0. The molecule has 1 atom stereocenters. The molecule has 1 unspecified atom stereocenters. The van der Waals surface area contributed by atoms with E-state index in [0.29, 0.717) is 21.1 Å². The molecule has 212 valence electrons. The van der Waals surface area contributed by atoms with E-state index in [1.54, 1.807) is 48.5 Å². The van der Waals surface area contributed by atoms with Crippen LogP contribution in [0.4, 0.5) is 26.3 Å². The lowest BCUT2D eigenvalue weighted by Crippen LogP contribution is -2.14. The highest BCUT2D eigenvalue weighted by Crippen LogP contribution is 2.39. The molecule has 0 amide bonds. The average Bonchev–Trinajstić information content (AvgIpc) is 3.02. The van der Waals surface area contributed by atoms with Gasteiger partial charge < -0.3 is 4.74 Å². The third kappa shape index (κ3) is 5.64. The monoisotopic (exact) mass is 613 g/mol. The van der Waals surface area contributed by atoms with E-state index in [1.807, 2.05) is 0 Å². The van der Waals surface area contributed by atoms with Crippen LogP contribution in [0, 0.1) is 34.9 Å². The molecule has 0 aliphatic heterocycles. The molecular formula is C32H19F6O2S2+. The quantitative estimate of drug-likeness (QED) is 0.0575. The predicted molar refractivity (Wildman–Crippen MR) is 148 cm³/mol. The van der Waals surface area contributed by atoms with Crippen molar-refractivity contribution in [2.45, 2.75) is 24.5 Å². The molecule has 0 N–H and O–H groups in total. The topological polar surface area (TPSA) is 26.3 Å². The molecule has 5 rings (SSSR count). The van der Waals surface area contributed by atoms with Gasteiger partial charge in [-0.25, -0.2) is 17.6 Å². The van der Waals surface area contributed by atoms with Crippen molar-refractivity contribution in [1.82, 2.24) is 0 Å². The molecule has 5 aromatic rings. The first-order valence-electron chi connectivity index (χ1n) is 12.3. The van der Waals surface area contributed by atoms with E-state index in [1.165, 1.54) is 55.6 Å². The Bertz CT molecular complexity index is 1730. The highest BCUT2D eigenvalue weighted by Gasteiger charge is 2.41. The van der Waals surface area contributed by atoms with Crippen LogP contribution in [-0.4, -0.2) is 12.9 Å². The van der Waals surface area contributed by atoms with Gasteiger partial charge in [-0.1, -0.05) is 48.2 Å². The minimum atomic E-state index is -2.24. The molecule has 5 aromatic carbocycles. The van der Waals surface area contributed by atoms with Crippen molar-refractivity contribution in [1.29, 1.82) is 0 Å². The molecule has 0 radical (unpaired) electrons. The van der Waals surface area contributed by atoms with Gasteiger partial charge in [0.05, 0.1) is 12.7 Å². The molecule has 42 heavy (non-hydrogen) atoms. The van der Waals surface area contributed by atoms with Gasteiger partial charge in [-0.15, -0.1) is 0 Å².